The van der Waals surface area contributed by atoms with Gasteiger partial charge in [-0.2, -0.15) is 0 Å². The molecule has 0 heterocycles. The number of esters is 1. The number of primary amides is 1. The highest BCUT2D eigenvalue weighted by Crippen LogP contribution is 2.25. The molecule has 2 amide bonds. The van der Waals surface area contributed by atoms with Crippen molar-refractivity contribution >= 4 is 18.0 Å². The number of hydrogen-bond acceptors (Lipinski definition) is 4. The Kier molecular flexibility index (Phi) is 4.11. The molecule has 0 radical (unpaired) electrons. The first-order valence-corrected chi connectivity index (χ1v) is 5.31. The topological polar surface area (TPSA) is 119 Å². The SMILES string of the molecule is COC(=O)c1ccccc1C(C)(NC(N)=O)C(=O)O. The lowest BCUT2D eigenvalue weighted by molar-refractivity contribution is -0.144. The van der Waals surface area contributed by atoms with Crippen LogP contribution in [0.25, 0.3) is 0 Å². The summed E-state index contributed by atoms with van der Waals surface area (Å²) in [5.74, 6) is -2.04. The number of carboxylic acid groups (broad SMARTS) is 1. The molecule has 0 saturated carbocycles. The van der Waals surface area contributed by atoms with Crippen molar-refractivity contribution in [3.05, 3.63) is 35.4 Å². The zero-order valence-corrected chi connectivity index (χ0v) is 10.5. The van der Waals surface area contributed by atoms with Crippen molar-refractivity contribution in [1.82, 2.24) is 5.32 Å². The fourth-order valence-corrected chi connectivity index (χ4v) is 1.69. The maximum Gasteiger partial charge on any atom is 0.338 e. The largest absolute Gasteiger partial charge is 0.479 e. The highest BCUT2D eigenvalue weighted by Gasteiger charge is 2.39. The number of benzene rings is 1. The maximum absolute atomic E-state index is 11.6. The Balaban J connectivity index is 3.43. The Morgan fingerprint density at radius 3 is 2.37 bits per heavy atom. The van der Waals surface area contributed by atoms with E-state index in [1.807, 2.05) is 0 Å². The third-order valence-corrected chi connectivity index (χ3v) is 2.67. The predicted octanol–water partition coefficient (Wildman–Crippen LogP) is 0.441. The molecule has 0 spiro atoms. The lowest BCUT2D eigenvalue weighted by Crippen LogP contribution is -2.52. The number of nitrogens with two attached hydrogens (primary N) is 1. The molecular weight excluding hydrogens is 252 g/mol. The molecule has 0 aliphatic rings. The van der Waals surface area contributed by atoms with E-state index in [1.165, 1.54) is 26.2 Å². The van der Waals surface area contributed by atoms with Crippen molar-refractivity contribution < 1.29 is 24.2 Å². The average molecular weight is 266 g/mol. The van der Waals surface area contributed by atoms with Crippen molar-refractivity contribution in [3.63, 3.8) is 0 Å². The number of hydrogen-bond donors (Lipinski definition) is 3. The molecule has 0 bridgehead atoms. The van der Waals surface area contributed by atoms with Gasteiger partial charge in [-0.25, -0.2) is 14.4 Å². The summed E-state index contributed by atoms with van der Waals surface area (Å²) in [7, 11) is 1.18. The van der Waals surface area contributed by atoms with E-state index < -0.39 is 23.5 Å². The third-order valence-electron chi connectivity index (χ3n) is 2.67. The van der Waals surface area contributed by atoms with Gasteiger partial charge in [0.2, 0.25) is 0 Å². The molecule has 0 aliphatic carbocycles. The van der Waals surface area contributed by atoms with Crippen LogP contribution < -0.4 is 11.1 Å². The number of ether oxygens (including phenoxy) is 1. The van der Waals surface area contributed by atoms with E-state index in [0.29, 0.717) is 0 Å². The summed E-state index contributed by atoms with van der Waals surface area (Å²) in [6, 6.07) is 4.92. The number of amides is 2. The summed E-state index contributed by atoms with van der Waals surface area (Å²) in [6.07, 6.45) is 0. The number of aliphatic carboxylic acids is 1. The van der Waals surface area contributed by atoms with Gasteiger partial charge < -0.3 is 20.9 Å². The Labute approximate surface area is 109 Å². The van der Waals surface area contributed by atoms with E-state index in [2.05, 4.69) is 10.1 Å². The van der Waals surface area contributed by atoms with Crippen LogP contribution in [0.15, 0.2) is 24.3 Å². The van der Waals surface area contributed by atoms with Crippen molar-refractivity contribution in [2.45, 2.75) is 12.5 Å². The van der Waals surface area contributed by atoms with Gasteiger partial charge in [0.15, 0.2) is 5.54 Å². The number of nitrogens with one attached hydrogen (secondary N) is 1. The summed E-state index contributed by atoms with van der Waals surface area (Å²) in [5.41, 5.74) is 3.30. The number of urea groups is 1. The molecule has 102 valence electrons. The second kappa shape index (κ2) is 5.38. The van der Waals surface area contributed by atoms with Crippen molar-refractivity contribution in [2.24, 2.45) is 5.73 Å². The Morgan fingerprint density at radius 2 is 1.89 bits per heavy atom. The van der Waals surface area contributed by atoms with Crippen LogP contribution in [-0.2, 0) is 15.1 Å². The van der Waals surface area contributed by atoms with E-state index >= 15 is 0 Å². The summed E-state index contributed by atoms with van der Waals surface area (Å²) in [4.78, 5) is 34.0. The highest BCUT2D eigenvalue weighted by molar-refractivity contribution is 5.95. The second-order valence-corrected chi connectivity index (χ2v) is 3.96. The highest BCUT2D eigenvalue weighted by atomic mass is 16.5. The summed E-state index contributed by atoms with van der Waals surface area (Å²) in [6.45, 7) is 1.24. The minimum absolute atomic E-state index is 0.0450. The Morgan fingerprint density at radius 1 is 1.32 bits per heavy atom. The molecule has 1 atom stereocenters. The summed E-state index contributed by atoms with van der Waals surface area (Å²) < 4.78 is 4.58. The molecule has 1 aromatic rings. The van der Waals surface area contributed by atoms with Crippen LogP contribution in [0.4, 0.5) is 4.79 Å². The average Bonchev–Trinajstić information content (AvgIpc) is 2.36. The molecule has 19 heavy (non-hydrogen) atoms. The first kappa shape index (κ1) is 14.5. The van der Waals surface area contributed by atoms with Crippen LogP contribution in [0.1, 0.15) is 22.8 Å². The minimum atomic E-state index is -1.82. The van der Waals surface area contributed by atoms with Gasteiger partial charge in [0.1, 0.15) is 0 Å². The van der Waals surface area contributed by atoms with Crippen LogP contribution in [0, 0.1) is 0 Å². The van der Waals surface area contributed by atoms with Crippen LogP contribution in [0.3, 0.4) is 0 Å². The molecule has 4 N–H and O–H groups in total. The number of methoxy groups -OCH3 is 1. The molecule has 0 aromatic heterocycles. The fourth-order valence-electron chi connectivity index (χ4n) is 1.69. The molecule has 7 nitrogen and oxygen atoms in total. The van der Waals surface area contributed by atoms with Gasteiger partial charge in [0, 0.05) is 5.56 Å². The smallest absolute Gasteiger partial charge is 0.338 e. The Hall–Kier alpha value is -2.57. The third kappa shape index (κ3) is 2.82. The zero-order chi connectivity index (χ0) is 14.6. The van der Waals surface area contributed by atoms with E-state index in [9.17, 15) is 19.5 Å². The van der Waals surface area contributed by atoms with Crippen LogP contribution >= 0.6 is 0 Å². The summed E-state index contributed by atoms with van der Waals surface area (Å²) in [5, 5.41) is 11.4. The lowest BCUT2D eigenvalue weighted by Gasteiger charge is -2.27. The van der Waals surface area contributed by atoms with Gasteiger partial charge in [-0.1, -0.05) is 18.2 Å². The zero-order valence-electron chi connectivity index (χ0n) is 10.5. The van der Waals surface area contributed by atoms with Crippen LogP contribution in [0.5, 0.6) is 0 Å². The van der Waals surface area contributed by atoms with Gasteiger partial charge in [-0.15, -0.1) is 0 Å². The molecular formula is C12H14N2O5. The second-order valence-electron chi connectivity index (χ2n) is 3.96. The van der Waals surface area contributed by atoms with Crippen molar-refractivity contribution in [2.75, 3.05) is 7.11 Å². The lowest BCUT2D eigenvalue weighted by atomic mass is 9.88. The molecule has 1 aromatic carbocycles. The molecule has 0 saturated heterocycles. The fraction of sp³-hybridized carbons (Fsp3) is 0.250. The monoisotopic (exact) mass is 266 g/mol. The quantitative estimate of drug-likeness (QED) is 0.683. The molecule has 1 rings (SSSR count). The first-order valence-electron chi connectivity index (χ1n) is 5.31. The van der Waals surface area contributed by atoms with E-state index in [4.69, 9.17) is 5.73 Å². The maximum atomic E-state index is 11.6. The molecule has 1 unspecified atom stereocenters. The van der Waals surface area contributed by atoms with Crippen LogP contribution in [0.2, 0.25) is 0 Å². The van der Waals surface area contributed by atoms with Crippen LogP contribution in [-0.4, -0.2) is 30.2 Å². The van der Waals surface area contributed by atoms with Crippen molar-refractivity contribution in [1.29, 1.82) is 0 Å². The predicted molar refractivity (Wildman–Crippen MR) is 65.5 cm³/mol. The molecule has 0 aliphatic heterocycles. The van der Waals surface area contributed by atoms with E-state index in [1.54, 1.807) is 12.1 Å². The number of carboxylic acids is 1. The van der Waals surface area contributed by atoms with Gasteiger partial charge in [0.25, 0.3) is 0 Å². The number of carbonyl (C=O) groups excluding carboxylic acids is 2. The van der Waals surface area contributed by atoms with Gasteiger partial charge in [0.05, 0.1) is 12.7 Å². The summed E-state index contributed by atoms with van der Waals surface area (Å²) >= 11 is 0. The standard InChI is InChI=1S/C12H14N2O5/c1-12(10(16)17,14-11(13)18)8-6-4-3-5-7(8)9(15)19-2/h3-6H,1-2H3,(H,16,17)(H3,13,14,18). The number of carbonyl (C=O) groups is 3. The van der Waals surface area contributed by atoms with Gasteiger partial charge in [-0.3, -0.25) is 0 Å². The van der Waals surface area contributed by atoms with Crippen molar-refractivity contribution in [3.8, 4) is 0 Å². The minimum Gasteiger partial charge on any atom is -0.479 e. The Bertz CT molecular complexity index is 529. The first-order chi connectivity index (χ1) is 8.82. The van der Waals surface area contributed by atoms with E-state index in [-0.39, 0.29) is 11.1 Å². The molecule has 0 fully saturated rings. The van der Waals surface area contributed by atoms with Gasteiger partial charge >= 0.3 is 18.0 Å². The van der Waals surface area contributed by atoms with E-state index in [0.717, 1.165) is 0 Å². The number of rotatable bonds is 4. The molecule has 7 heteroatoms. The normalized spacial score (nSPS) is 13.2. The van der Waals surface area contributed by atoms with Gasteiger partial charge in [-0.05, 0) is 13.0 Å².